The molecular weight excluding hydrogens is 308 g/mol. The Bertz CT molecular complexity index is 753. The topological polar surface area (TPSA) is 66.5 Å². The molecule has 0 bridgehead atoms. The molecule has 1 aliphatic heterocycles. The van der Waals surface area contributed by atoms with Crippen LogP contribution in [0.4, 0.5) is 16.2 Å². The van der Waals surface area contributed by atoms with Gasteiger partial charge in [-0.05, 0) is 24.3 Å². The van der Waals surface area contributed by atoms with E-state index in [1.54, 1.807) is 5.38 Å². The molecule has 1 N–H and O–H groups in total. The third-order valence-electron chi connectivity index (χ3n) is 2.63. The van der Waals surface area contributed by atoms with Gasteiger partial charge < -0.3 is 5.32 Å². The van der Waals surface area contributed by atoms with E-state index in [0.717, 1.165) is 4.31 Å². The van der Waals surface area contributed by atoms with E-state index in [0.29, 0.717) is 10.7 Å². The Morgan fingerprint density at radius 1 is 1.16 bits per heavy atom. The molecule has 0 radical (unpaired) electrons. The van der Waals surface area contributed by atoms with Crippen molar-refractivity contribution in [3.8, 4) is 0 Å². The summed E-state index contributed by atoms with van der Waals surface area (Å²) in [5.74, 6) is 0. The van der Waals surface area contributed by atoms with Gasteiger partial charge in [-0.3, -0.25) is 0 Å². The number of sulfonamides is 1. The molecule has 98 valence electrons. The number of amides is 2. The molecule has 0 atom stereocenters. The number of rotatable bonds is 1. The summed E-state index contributed by atoms with van der Waals surface area (Å²) in [6.07, 6.45) is 0. The fraction of sp³-hybridized carbons (Fsp3) is 0. The van der Waals surface area contributed by atoms with E-state index in [4.69, 9.17) is 11.6 Å². The monoisotopic (exact) mass is 314 g/mol. The lowest BCUT2D eigenvalue weighted by molar-refractivity contribution is 0.259. The highest BCUT2D eigenvalue weighted by Gasteiger charge is 2.38. The summed E-state index contributed by atoms with van der Waals surface area (Å²) in [5, 5.41) is 6.09. The van der Waals surface area contributed by atoms with Crippen molar-refractivity contribution >= 4 is 50.4 Å². The van der Waals surface area contributed by atoms with Gasteiger partial charge in [0.15, 0.2) is 0 Å². The van der Waals surface area contributed by atoms with Crippen LogP contribution < -0.4 is 9.62 Å². The molecular formula is C11H7ClN2O3S2. The standard InChI is InChI=1S/C11H7ClN2O3S2/c12-7-1-3-8(4-2-7)14-11(15)13-9-5-18-6-10(9)19(14,16)17/h1-6H,(H,13,15). The lowest BCUT2D eigenvalue weighted by atomic mass is 10.3. The summed E-state index contributed by atoms with van der Waals surface area (Å²) < 4.78 is 25.5. The number of hydrogen-bond acceptors (Lipinski definition) is 4. The van der Waals surface area contributed by atoms with Crippen LogP contribution in [-0.2, 0) is 10.0 Å². The van der Waals surface area contributed by atoms with Crippen LogP contribution >= 0.6 is 22.9 Å². The SMILES string of the molecule is O=C1Nc2cscc2S(=O)(=O)N1c1ccc(Cl)cc1. The zero-order valence-corrected chi connectivity index (χ0v) is 11.7. The molecule has 0 fully saturated rings. The van der Waals surface area contributed by atoms with Crippen molar-refractivity contribution in [3.05, 3.63) is 40.0 Å². The number of thiophene rings is 1. The summed E-state index contributed by atoms with van der Waals surface area (Å²) in [6, 6.07) is 5.33. The number of urea groups is 1. The smallest absolute Gasteiger partial charge is 0.305 e. The van der Waals surface area contributed by atoms with Gasteiger partial charge in [-0.15, -0.1) is 11.3 Å². The Labute approximate surface area is 118 Å². The molecule has 3 rings (SSSR count). The van der Waals surface area contributed by atoms with Crippen LogP contribution in [0.1, 0.15) is 0 Å². The minimum absolute atomic E-state index is 0.104. The highest BCUT2D eigenvalue weighted by molar-refractivity contribution is 7.94. The number of anilines is 2. The minimum atomic E-state index is -3.87. The maximum absolute atomic E-state index is 12.4. The first-order chi connectivity index (χ1) is 9.00. The molecule has 1 aliphatic rings. The molecule has 8 heteroatoms. The quantitative estimate of drug-likeness (QED) is 0.879. The predicted octanol–water partition coefficient (Wildman–Crippen LogP) is 3.14. The van der Waals surface area contributed by atoms with E-state index >= 15 is 0 Å². The van der Waals surface area contributed by atoms with Crippen LogP contribution in [0.3, 0.4) is 0 Å². The number of nitrogens with one attached hydrogen (secondary N) is 1. The molecule has 0 saturated carbocycles. The van der Waals surface area contributed by atoms with Crippen LogP contribution in [0.25, 0.3) is 0 Å². The number of benzene rings is 1. The number of fused-ring (bicyclic) bond motifs is 1. The highest BCUT2D eigenvalue weighted by Crippen LogP contribution is 2.36. The number of nitrogens with zero attached hydrogens (tertiary/aromatic N) is 1. The van der Waals surface area contributed by atoms with Gasteiger partial charge in [0.2, 0.25) is 0 Å². The van der Waals surface area contributed by atoms with Crippen molar-refractivity contribution in [1.29, 1.82) is 0 Å². The van der Waals surface area contributed by atoms with Gasteiger partial charge in [0, 0.05) is 15.8 Å². The summed E-state index contributed by atoms with van der Waals surface area (Å²) >= 11 is 6.97. The van der Waals surface area contributed by atoms with Crippen molar-refractivity contribution in [2.24, 2.45) is 0 Å². The van der Waals surface area contributed by atoms with Crippen molar-refractivity contribution < 1.29 is 13.2 Å². The van der Waals surface area contributed by atoms with E-state index in [9.17, 15) is 13.2 Å². The Balaban J connectivity index is 2.17. The fourth-order valence-electron chi connectivity index (χ4n) is 1.78. The van der Waals surface area contributed by atoms with E-state index in [-0.39, 0.29) is 10.6 Å². The van der Waals surface area contributed by atoms with Crippen molar-refractivity contribution in [2.45, 2.75) is 4.90 Å². The third-order valence-corrected chi connectivity index (χ3v) is 5.53. The molecule has 2 aromatic rings. The summed E-state index contributed by atoms with van der Waals surface area (Å²) in [7, 11) is -3.87. The van der Waals surface area contributed by atoms with E-state index in [1.165, 1.54) is 41.0 Å². The zero-order chi connectivity index (χ0) is 13.6. The molecule has 5 nitrogen and oxygen atoms in total. The molecule has 1 aromatic heterocycles. The lowest BCUT2D eigenvalue weighted by Gasteiger charge is -2.26. The van der Waals surface area contributed by atoms with Crippen LogP contribution in [0, 0.1) is 0 Å². The maximum atomic E-state index is 12.4. The first kappa shape index (κ1) is 12.5. The summed E-state index contributed by atoms with van der Waals surface area (Å²) in [5.41, 5.74) is 0.568. The fourth-order valence-corrected chi connectivity index (χ4v) is 4.52. The first-order valence-electron chi connectivity index (χ1n) is 5.18. The second kappa shape index (κ2) is 4.22. The van der Waals surface area contributed by atoms with Gasteiger partial charge in [0.05, 0.1) is 11.4 Å². The van der Waals surface area contributed by atoms with Gasteiger partial charge in [-0.25, -0.2) is 13.2 Å². The number of halogens is 1. The molecule has 19 heavy (non-hydrogen) atoms. The molecule has 2 heterocycles. The van der Waals surface area contributed by atoms with Crippen LogP contribution in [0.5, 0.6) is 0 Å². The molecule has 0 aliphatic carbocycles. The van der Waals surface area contributed by atoms with Crippen molar-refractivity contribution in [2.75, 3.05) is 9.62 Å². The van der Waals surface area contributed by atoms with Gasteiger partial charge in [0.25, 0.3) is 10.0 Å². The second-order valence-electron chi connectivity index (χ2n) is 3.83. The average molecular weight is 315 g/mol. The summed E-state index contributed by atoms with van der Waals surface area (Å²) in [6.45, 7) is 0. The van der Waals surface area contributed by atoms with Crippen LogP contribution in [0.2, 0.25) is 5.02 Å². The minimum Gasteiger partial charge on any atom is -0.305 e. The van der Waals surface area contributed by atoms with E-state index in [2.05, 4.69) is 5.32 Å². The van der Waals surface area contributed by atoms with Gasteiger partial charge in [0.1, 0.15) is 4.90 Å². The molecule has 2 amide bonds. The zero-order valence-electron chi connectivity index (χ0n) is 9.33. The molecule has 0 saturated heterocycles. The van der Waals surface area contributed by atoms with E-state index < -0.39 is 16.1 Å². The number of hydrogen-bond donors (Lipinski definition) is 1. The maximum Gasteiger partial charge on any atom is 0.340 e. The Morgan fingerprint density at radius 3 is 2.53 bits per heavy atom. The number of carbonyl (C=O) groups excluding carboxylic acids is 1. The first-order valence-corrected chi connectivity index (χ1v) is 7.94. The lowest BCUT2D eigenvalue weighted by Crippen LogP contribution is -2.43. The largest absolute Gasteiger partial charge is 0.340 e. The normalized spacial score (nSPS) is 16.9. The van der Waals surface area contributed by atoms with E-state index in [1.807, 2.05) is 0 Å². The highest BCUT2D eigenvalue weighted by atomic mass is 35.5. The molecule has 0 unspecified atom stereocenters. The average Bonchev–Trinajstić information content (AvgIpc) is 2.80. The van der Waals surface area contributed by atoms with Crippen molar-refractivity contribution in [3.63, 3.8) is 0 Å². The van der Waals surface area contributed by atoms with Gasteiger partial charge >= 0.3 is 6.03 Å². The van der Waals surface area contributed by atoms with Gasteiger partial charge in [-0.2, -0.15) is 4.31 Å². The summed E-state index contributed by atoms with van der Waals surface area (Å²) in [4.78, 5) is 12.1. The molecule has 1 aromatic carbocycles. The Morgan fingerprint density at radius 2 is 1.84 bits per heavy atom. The van der Waals surface area contributed by atoms with Gasteiger partial charge in [-0.1, -0.05) is 11.6 Å². The molecule has 0 spiro atoms. The number of carbonyl (C=O) groups is 1. The predicted molar refractivity (Wildman–Crippen MR) is 74.5 cm³/mol. The Kier molecular flexibility index (Phi) is 2.77. The van der Waals surface area contributed by atoms with Crippen molar-refractivity contribution in [1.82, 2.24) is 0 Å². The second-order valence-corrected chi connectivity index (χ2v) is 6.76. The third kappa shape index (κ3) is 1.90. The Hall–Kier alpha value is -1.57. The van der Waals surface area contributed by atoms with Crippen LogP contribution in [-0.4, -0.2) is 14.4 Å². The van der Waals surface area contributed by atoms with Crippen LogP contribution in [0.15, 0.2) is 39.9 Å².